The molecule has 4 nitrogen and oxygen atoms in total. The highest BCUT2D eigenvalue weighted by molar-refractivity contribution is 7.99. The Bertz CT molecular complexity index is 954. The molecular formula is C21H19N3OS2. The molecule has 0 bridgehead atoms. The summed E-state index contributed by atoms with van der Waals surface area (Å²) in [6.45, 7) is 4.32. The average Bonchev–Trinajstić information content (AvgIpc) is 3.11. The molecule has 3 rings (SSSR count). The summed E-state index contributed by atoms with van der Waals surface area (Å²) in [7, 11) is 0. The molecule has 136 valence electrons. The van der Waals surface area contributed by atoms with Gasteiger partial charge in [-0.3, -0.25) is 4.79 Å². The summed E-state index contributed by atoms with van der Waals surface area (Å²) in [4.78, 5) is 18.0. The number of carbonyl (C=O) groups excluding carboxylic acids is 1. The van der Waals surface area contributed by atoms with Crippen LogP contribution in [0.25, 0.3) is 11.3 Å². The van der Waals surface area contributed by atoms with Crippen LogP contribution in [0.5, 0.6) is 0 Å². The maximum absolute atomic E-state index is 12.3. The summed E-state index contributed by atoms with van der Waals surface area (Å²) >= 11 is 3.20. The van der Waals surface area contributed by atoms with E-state index in [2.05, 4.69) is 42.4 Å². The fraction of sp³-hybridized carbons (Fsp3) is 0.190. The predicted octanol–water partition coefficient (Wildman–Crippen LogP) is 5.36. The minimum absolute atomic E-state index is 0.0833. The zero-order chi connectivity index (χ0) is 19.2. The van der Waals surface area contributed by atoms with Crippen molar-refractivity contribution >= 4 is 34.1 Å². The second-order valence-electron chi connectivity index (χ2n) is 6.26. The van der Waals surface area contributed by atoms with Crippen LogP contribution < -0.4 is 5.32 Å². The van der Waals surface area contributed by atoms with Crippen LogP contribution in [0, 0.1) is 11.3 Å². The Kier molecular flexibility index (Phi) is 6.28. The van der Waals surface area contributed by atoms with Crippen molar-refractivity contribution in [1.82, 2.24) is 4.98 Å². The number of amides is 1. The van der Waals surface area contributed by atoms with Crippen LogP contribution in [-0.2, 0) is 11.2 Å². The van der Waals surface area contributed by atoms with E-state index in [4.69, 9.17) is 5.26 Å². The first-order chi connectivity index (χ1) is 13.0. The summed E-state index contributed by atoms with van der Waals surface area (Å²) in [6, 6.07) is 17.4. The monoisotopic (exact) mass is 393 g/mol. The first kappa shape index (κ1) is 19.2. The number of aromatic nitrogens is 1. The molecule has 0 aliphatic heterocycles. The van der Waals surface area contributed by atoms with Gasteiger partial charge in [-0.15, -0.1) is 23.1 Å². The summed E-state index contributed by atoms with van der Waals surface area (Å²) in [5, 5.41) is 14.7. The predicted molar refractivity (Wildman–Crippen MR) is 112 cm³/mol. The third-order valence-electron chi connectivity index (χ3n) is 3.72. The second kappa shape index (κ2) is 8.85. The number of nitriles is 1. The Hall–Kier alpha value is -2.62. The minimum Gasteiger partial charge on any atom is -0.302 e. The molecule has 0 aliphatic carbocycles. The smallest absolute Gasteiger partial charge is 0.230 e. The fourth-order valence-corrected chi connectivity index (χ4v) is 4.06. The fourth-order valence-electron chi connectivity index (χ4n) is 2.49. The lowest BCUT2D eigenvalue weighted by atomic mass is 10.1. The molecule has 0 fully saturated rings. The van der Waals surface area contributed by atoms with Gasteiger partial charge >= 0.3 is 0 Å². The molecule has 2 aromatic carbocycles. The zero-order valence-electron chi connectivity index (χ0n) is 15.1. The highest BCUT2D eigenvalue weighted by atomic mass is 32.2. The quantitative estimate of drug-likeness (QED) is 0.572. The van der Waals surface area contributed by atoms with Crippen LogP contribution in [0.3, 0.4) is 0 Å². The number of hydrogen-bond donors (Lipinski definition) is 1. The standard InChI is InChI=1S/C21H19N3OS2/c1-14(2)27-18-9-5-15(6-10-18)11-20(25)24-21-23-19(13-26-21)17-7-3-16(12-22)4-8-17/h3-10,13-14H,11H2,1-2H3,(H,23,24,25). The van der Waals surface area contributed by atoms with E-state index in [1.807, 2.05) is 29.6 Å². The molecule has 1 N–H and O–H groups in total. The van der Waals surface area contributed by atoms with Gasteiger partial charge in [-0.25, -0.2) is 4.98 Å². The average molecular weight is 394 g/mol. The Morgan fingerprint density at radius 2 is 1.89 bits per heavy atom. The summed E-state index contributed by atoms with van der Waals surface area (Å²) < 4.78 is 0. The zero-order valence-corrected chi connectivity index (χ0v) is 16.7. The van der Waals surface area contributed by atoms with Crippen LogP contribution in [-0.4, -0.2) is 16.1 Å². The Labute approximate surface area is 167 Å². The van der Waals surface area contributed by atoms with Crippen LogP contribution in [0.15, 0.2) is 58.8 Å². The Morgan fingerprint density at radius 1 is 1.19 bits per heavy atom. The van der Waals surface area contributed by atoms with Gasteiger partial charge in [0.15, 0.2) is 5.13 Å². The molecule has 1 amide bonds. The Balaban J connectivity index is 1.59. The summed E-state index contributed by atoms with van der Waals surface area (Å²) in [5.74, 6) is -0.0833. The minimum atomic E-state index is -0.0833. The van der Waals surface area contributed by atoms with E-state index < -0.39 is 0 Å². The van der Waals surface area contributed by atoms with E-state index in [9.17, 15) is 4.79 Å². The first-order valence-corrected chi connectivity index (χ1v) is 10.3. The van der Waals surface area contributed by atoms with Crippen LogP contribution in [0.1, 0.15) is 25.0 Å². The molecule has 0 saturated carbocycles. The molecule has 3 aromatic rings. The highest BCUT2D eigenvalue weighted by Gasteiger charge is 2.09. The van der Waals surface area contributed by atoms with Crippen molar-refractivity contribution in [2.24, 2.45) is 0 Å². The van der Waals surface area contributed by atoms with E-state index in [1.54, 1.807) is 23.9 Å². The Morgan fingerprint density at radius 3 is 2.52 bits per heavy atom. The molecular weight excluding hydrogens is 374 g/mol. The van der Waals surface area contributed by atoms with Gasteiger partial charge in [0.25, 0.3) is 0 Å². The van der Waals surface area contributed by atoms with Crippen molar-refractivity contribution in [3.63, 3.8) is 0 Å². The molecule has 0 atom stereocenters. The SMILES string of the molecule is CC(C)Sc1ccc(CC(=O)Nc2nc(-c3ccc(C#N)cc3)cs2)cc1. The largest absolute Gasteiger partial charge is 0.302 e. The lowest BCUT2D eigenvalue weighted by molar-refractivity contribution is -0.115. The van der Waals surface area contributed by atoms with Crippen molar-refractivity contribution in [2.45, 2.75) is 30.4 Å². The van der Waals surface area contributed by atoms with Gasteiger partial charge in [-0.1, -0.05) is 38.1 Å². The molecule has 6 heteroatoms. The molecule has 0 spiro atoms. The number of anilines is 1. The van der Waals surface area contributed by atoms with Gasteiger partial charge in [0.05, 0.1) is 23.7 Å². The molecule has 0 radical (unpaired) electrons. The van der Waals surface area contributed by atoms with E-state index in [-0.39, 0.29) is 5.91 Å². The third kappa shape index (κ3) is 5.43. The molecule has 0 saturated heterocycles. The van der Waals surface area contributed by atoms with Crippen LogP contribution in [0.4, 0.5) is 5.13 Å². The van der Waals surface area contributed by atoms with Crippen molar-refractivity contribution in [2.75, 3.05) is 5.32 Å². The lowest BCUT2D eigenvalue weighted by Crippen LogP contribution is -2.14. The highest BCUT2D eigenvalue weighted by Crippen LogP contribution is 2.26. The lowest BCUT2D eigenvalue weighted by Gasteiger charge is -2.06. The molecule has 1 heterocycles. The molecule has 0 aliphatic rings. The molecule has 1 aromatic heterocycles. The van der Waals surface area contributed by atoms with Crippen LogP contribution >= 0.6 is 23.1 Å². The molecule has 0 unspecified atom stereocenters. The van der Waals surface area contributed by atoms with E-state index in [0.29, 0.717) is 22.4 Å². The van der Waals surface area contributed by atoms with Crippen molar-refractivity contribution < 1.29 is 4.79 Å². The number of carbonyl (C=O) groups is 1. The third-order valence-corrected chi connectivity index (χ3v) is 5.49. The number of nitrogens with one attached hydrogen (secondary N) is 1. The number of nitrogens with zero attached hydrogens (tertiary/aromatic N) is 2. The van der Waals surface area contributed by atoms with E-state index >= 15 is 0 Å². The number of thiazole rings is 1. The van der Waals surface area contributed by atoms with Crippen molar-refractivity contribution in [3.8, 4) is 17.3 Å². The van der Waals surface area contributed by atoms with Crippen molar-refractivity contribution in [3.05, 3.63) is 65.0 Å². The van der Waals surface area contributed by atoms with Crippen molar-refractivity contribution in [1.29, 1.82) is 5.26 Å². The van der Waals surface area contributed by atoms with Gasteiger partial charge in [0.2, 0.25) is 5.91 Å². The van der Waals surface area contributed by atoms with Gasteiger partial charge in [-0.05, 0) is 29.8 Å². The first-order valence-electron chi connectivity index (χ1n) is 8.55. The number of benzene rings is 2. The maximum Gasteiger partial charge on any atom is 0.230 e. The van der Waals surface area contributed by atoms with Gasteiger partial charge in [0, 0.05) is 21.1 Å². The van der Waals surface area contributed by atoms with Gasteiger partial charge < -0.3 is 5.32 Å². The number of thioether (sulfide) groups is 1. The van der Waals surface area contributed by atoms with E-state index in [1.165, 1.54) is 16.2 Å². The second-order valence-corrected chi connectivity index (χ2v) is 8.77. The number of rotatable bonds is 6. The number of hydrogen-bond acceptors (Lipinski definition) is 5. The van der Waals surface area contributed by atoms with Gasteiger partial charge in [-0.2, -0.15) is 5.26 Å². The molecule has 27 heavy (non-hydrogen) atoms. The summed E-state index contributed by atoms with van der Waals surface area (Å²) in [6.07, 6.45) is 0.318. The topological polar surface area (TPSA) is 65.8 Å². The maximum atomic E-state index is 12.3. The normalized spacial score (nSPS) is 10.6. The van der Waals surface area contributed by atoms with Crippen LogP contribution in [0.2, 0.25) is 0 Å². The van der Waals surface area contributed by atoms with Gasteiger partial charge in [0.1, 0.15) is 0 Å². The van der Waals surface area contributed by atoms with E-state index in [0.717, 1.165) is 16.8 Å². The summed E-state index contributed by atoms with van der Waals surface area (Å²) in [5.41, 5.74) is 3.30.